The average Bonchev–Trinajstić information content (AvgIpc) is 3.13. The smallest absolute Gasteiger partial charge is 0.309 e. The van der Waals surface area contributed by atoms with E-state index in [0.29, 0.717) is 12.3 Å². The highest BCUT2D eigenvalue weighted by Gasteiger charge is 2.19. The highest BCUT2D eigenvalue weighted by molar-refractivity contribution is 7.07. The summed E-state index contributed by atoms with van der Waals surface area (Å²) in [5, 5.41) is 9.35. The lowest BCUT2D eigenvalue weighted by molar-refractivity contribution is -0.139. The standard InChI is InChI=1S/C18H23N3O3S/c1-21(2)15(14-8-9-25-12-14)11-20-18(23)17(22)19-10-13-6-4-5-7-16(13)24-3/h4-9,12,15H,10-11H2,1-3H3,(H,19,22)(H,20,23). The average molecular weight is 361 g/mol. The number of likely N-dealkylation sites (N-methyl/N-ethyl adjacent to an activating group) is 1. The Balaban J connectivity index is 1.86. The second-order valence-corrected chi connectivity index (χ2v) is 6.52. The van der Waals surface area contributed by atoms with Crippen LogP contribution in [0, 0.1) is 0 Å². The predicted octanol–water partition coefficient (Wildman–Crippen LogP) is 1.79. The molecule has 0 fully saturated rings. The number of nitrogens with zero attached hydrogens (tertiary/aromatic N) is 1. The number of hydrogen-bond acceptors (Lipinski definition) is 5. The molecule has 0 saturated heterocycles. The van der Waals surface area contributed by atoms with Gasteiger partial charge in [-0.05, 0) is 42.6 Å². The van der Waals surface area contributed by atoms with Crippen molar-refractivity contribution in [3.63, 3.8) is 0 Å². The lowest BCUT2D eigenvalue weighted by Gasteiger charge is -2.23. The van der Waals surface area contributed by atoms with Crippen LogP contribution in [0.2, 0.25) is 0 Å². The monoisotopic (exact) mass is 361 g/mol. The molecule has 2 aromatic rings. The summed E-state index contributed by atoms with van der Waals surface area (Å²) in [5.74, 6) is -0.626. The van der Waals surface area contributed by atoms with Crippen molar-refractivity contribution in [2.24, 2.45) is 0 Å². The molecule has 0 radical (unpaired) electrons. The van der Waals surface area contributed by atoms with Crippen molar-refractivity contribution >= 4 is 23.2 Å². The Hall–Kier alpha value is -2.38. The molecule has 1 aromatic heterocycles. The number of amides is 2. The molecule has 2 N–H and O–H groups in total. The lowest BCUT2D eigenvalue weighted by Crippen LogP contribution is -2.42. The maximum atomic E-state index is 12.0. The van der Waals surface area contributed by atoms with Crippen molar-refractivity contribution < 1.29 is 14.3 Å². The van der Waals surface area contributed by atoms with E-state index >= 15 is 0 Å². The second kappa shape index (κ2) is 9.19. The molecule has 7 heteroatoms. The van der Waals surface area contributed by atoms with E-state index in [-0.39, 0.29) is 12.6 Å². The summed E-state index contributed by atoms with van der Waals surface area (Å²) in [6, 6.07) is 9.40. The van der Waals surface area contributed by atoms with Crippen molar-refractivity contribution in [2.75, 3.05) is 27.7 Å². The molecule has 1 unspecified atom stereocenters. The molecule has 0 aliphatic carbocycles. The minimum atomic E-state index is -0.659. The quantitative estimate of drug-likeness (QED) is 0.738. The van der Waals surface area contributed by atoms with Crippen LogP contribution in [-0.4, -0.2) is 44.5 Å². The van der Waals surface area contributed by atoms with Crippen molar-refractivity contribution in [3.05, 3.63) is 52.2 Å². The second-order valence-electron chi connectivity index (χ2n) is 5.74. The van der Waals surface area contributed by atoms with Crippen LogP contribution in [0.4, 0.5) is 0 Å². The van der Waals surface area contributed by atoms with Crippen LogP contribution >= 0.6 is 11.3 Å². The fraction of sp³-hybridized carbons (Fsp3) is 0.333. The molecule has 25 heavy (non-hydrogen) atoms. The Morgan fingerprint density at radius 1 is 1.16 bits per heavy atom. The van der Waals surface area contributed by atoms with Gasteiger partial charge in [-0.25, -0.2) is 0 Å². The Bertz CT molecular complexity index is 701. The van der Waals surface area contributed by atoms with Crippen LogP contribution in [0.5, 0.6) is 5.75 Å². The van der Waals surface area contributed by atoms with Gasteiger partial charge in [0.2, 0.25) is 0 Å². The summed E-state index contributed by atoms with van der Waals surface area (Å²) in [7, 11) is 5.45. The van der Waals surface area contributed by atoms with E-state index in [1.807, 2.05) is 60.1 Å². The summed E-state index contributed by atoms with van der Waals surface area (Å²) in [4.78, 5) is 26.1. The Labute approximate surface area is 151 Å². The van der Waals surface area contributed by atoms with E-state index in [1.165, 1.54) is 0 Å². The fourth-order valence-electron chi connectivity index (χ4n) is 2.44. The highest BCUT2D eigenvalue weighted by atomic mass is 32.1. The van der Waals surface area contributed by atoms with Crippen LogP contribution in [0.1, 0.15) is 17.2 Å². The van der Waals surface area contributed by atoms with Gasteiger partial charge < -0.3 is 20.3 Å². The molecule has 0 bridgehead atoms. The van der Waals surface area contributed by atoms with E-state index in [0.717, 1.165) is 11.1 Å². The van der Waals surface area contributed by atoms with Crippen molar-refractivity contribution in [1.29, 1.82) is 0 Å². The van der Waals surface area contributed by atoms with Gasteiger partial charge in [-0.3, -0.25) is 9.59 Å². The molecule has 2 amide bonds. The van der Waals surface area contributed by atoms with E-state index in [9.17, 15) is 9.59 Å². The first-order valence-corrected chi connectivity index (χ1v) is 8.83. The summed E-state index contributed by atoms with van der Waals surface area (Å²) in [6.45, 7) is 0.600. The topological polar surface area (TPSA) is 70.7 Å². The highest BCUT2D eigenvalue weighted by Crippen LogP contribution is 2.20. The molecule has 1 aromatic carbocycles. The van der Waals surface area contributed by atoms with Gasteiger partial charge in [0.25, 0.3) is 0 Å². The number of benzene rings is 1. The Morgan fingerprint density at radius 2 is 1.88 bits per heavy atom. The molecule has 1 atom stereocenters. The summed E-state index contributed by atoms with van der Waals surface area (Å²) < 4.78 is 5.23. The van der Waals surface area contributed by atoms with Crippen LogP contribution in [0.3, 0.4) is 0 Å². The van der Waals surface area contributed by atoms with Gasteiger partial charge in [0.05, 0.1) is 13.2 Å². The number of nitrogens with one attached hydrogen (secondary N) is 2. The van der Waals surface area contributed by atoms with Gasteiger partial charge in [-0.15, -0.1) is 0 Å². The molecule has 2 rings (SSSR count). The molecule has 0 aliphatic rings. The third-order valence-electron chi connectivity index (χ3n) is 3.85. The van der Waals surface area contributed by atoms with E-state index in [2.05, 4.69) is 10.6 Å². The van der Waals surface area contributed by atoms with Gasteiger partial charge in [0.15, 0.2) is 0 Å². The number of methoxy groups -OCH3 is 1. The van der Waals surface area contributed by atoms with Crippen LogP contribution in [0.15, 0.2) is 41.1 Å². The zero-order valence-electron chi connectivity index (χ0n) is 14.6. The first-order chi connectivity index (χ1) is 12.0. The Morgan fingerprint density at radius 3 is 2.52 bits per heavy atom. The van der Waals surface area contributed by atoms with Crippen molar-refractivity contribution in [1.82, 2.24) is 15.5 Å². The van der Waals surface area contributed by atoms with Crippen LogP contribution in [0.25, 0.3) is 0 Å². The van der Waals surface area contributed by atoms with Gasteiger partial charge in [-0.1, -0.05) is 18.2 Å². The molecule has 0 saturated carbocycles. The van der Waals surface area contributed by atoms with Gasteiger partial charge >= 0.3 is 11.8 Å². The molecule has 1 heterocycles. The number of hydrogen-bond donors (Lipinski definition) is 2. The largest absolute Gasteiger partial charge is 0.496 e. The Kier molecular flexibility index (Phi) is 6.97. The van der Waals surface area contributed by atoms with E-state index in [4.69, 9.17) is 4.74 Å². The van der Waals surface area contributed by atoms with Crippen LogP contribution < -0.4 is 15.4 Å². The first kappa shape index (κ1) is 19.0. The van der Waals surface area contributed by atoms with Gasteiger partial charge in [0.1, 0.15) is 5.75 Å². The maximum Gasteiger partial charge on any atom is 0.309 e. The zero-order chi connectivity index (χ0) is 18.2. The fourth-order valence-corrected chi connectivity index (χ4v) is 3.14. The number of para-hydroxylation sites is 1. The third kappa shape index (κ3) is 5.30. The SMILES string of the molecule is COc1ccccc1CNC(=O)C(=O)NCC(c1ccsc1)N(C)C. The zero-order valence-corrected chi connectivity index (χ0v) is 15.4. The van der Waals surface area contributed by atoms with Crippen LogP contribution in [-0.2, 0) is 16.1 Å². The number of carbonyl (C=O) groups excluding carboxylic acids is 2. The molecular weight excluding hydrogens is 338 g/mol. The summed E-state index contributed by atoms with van der Waals surface area (Å²) in [6.07, 6.45) is 0. The number of carbonyl (C=O) groups is 2. The molecular formula is C18H23N3O3S. The number of thiophene rings is 1. The van der Waals surface area contributed by atoms with E-state index < -0.39 is 11.8 Å². The third-order valence-corrected chi connectivity index (χ3v) is 4.55. The minimum Gasteiger partial charge on any atom is -0.496 e. The first-order valence-electron chi connectivity index (χ1n) is 7.89. The molecule has 0 spiro atoms. The number of rotatable bonds is 7. The summed E-state index contributed by atoms with van der Waals surface area (Å²) >= 11 is 1.60. The normalized spacial score (nSPS) is 11.8. The predicted molar refractivity (Wildman–Crippen MR) is 98.6 cm³/mol. The molecule has 6 nitrogen and oxygen atoms in total. The molecule has 0 aliphatic heterocycles. The minimum absolute atomic E-state index is 0.0252. The van der Waals surface area contributed by atoms with Gasteiger partial charge in [0, 0.05) is 18.7 Å². The maximum absolute atomic E-state index is 12.0. The summed E-state index contributed by atoms with van der Waals surface area (Å²) in [5.41, 5.74) is 1.93. The lowest BCUT2D eigenvalue weighted by atomic mass is 10.1. The van der Waals surface area contributed by atoms with Crippen molar-refractivity contribution in [3.8, 4) is 5.75 Å². The van der Waals surface area contributed by atoms with E-state index in [1.54, 1.807) is 18.4 Å². The molecule has 134 valence electrons. The van der Waals surface area contributed by atoms with Crippen molar-refractivity contribution in [2.45, 2.75) is 12.6 Å². The van der Waals surface area contributed by atoms with Gasteiger partial charge in [-0.2, -0.15) is 11.3 Å². The number of ether oxygens (including phenoxy) is 1.